The number of hydrogen-bond donors (Lipinski definition) is 1. The summed E-state index contributed by atoms with van der Waals surface area (Å²) in [5.41, 5.74) is -0.443. The molecule has 0 spiro atoms. The normalized spacial score (nSPS) is 20.8. The first-order chi connectivity index (χ1) is 8.47. The molecule has 1 amide bonds. The monoisotopic (exact) mass is 268 g/mol. The highest BCUT2D eigenvalue weighted by Gasteiger charge is 2.31. The maximum atomic E-state index is 12.2. The topological polar surface area (TPSA) is 41.6 Å². The number of hydrogen-bond acceptors (Lipinski definition) is 4. The number of nitrogens with one attached hydrogen (secondary N) is 1. The highest BCUT2D eigenvalue weighted by atomic mass is 32.1. The third-order valence-electron chi connectivity index (χ3n) is 2.74. The molecule has 18 heavy (non-hydrogen) atoms. The first kappa shape index (κ1) is 13.4. The zero-order valence-electron chi connectivity index (χ0n) is 11.1. The minimum absolute atomic E-state index is 0.0913. The lowest BCUT2D eigenvalue weighted by molar-refractivity contribution is 0.0122. The average molecular weight is 268 g/mol. The van der Waals surface area contributed by atoms with Gasteiger partial charge in [-0.25, -0.2) is 4.79 Å². The largest absolute Gasteiger partial charge is 0.444 e. The Morgan fingerprint density at radius 3 is 2.94 bits per heavy atom. The van der Waals surface area contributed by atoms with Crippen molar-refractivity contribution in [3.8, 4) is 0 Å². The quantitative estimate of drug-likeness (QED) is 0.851. The number of piperazine rings is 1. The summed E-state index contributed by atoms with van der Waals surface area (Å²) in [5, 5.41) is 5.37. The fraction of sp³-hybridized carbons (Fsp3) is 0.615. The van der Waals surface area contributed by atoms with Gasteiger partial charge in [-0.3, -0.25) is 4.90 Å². The first-order valence-electron chi connectivity index (χ1n) is 6.21. The molecule has 1 N–H and O–H groups in total. The van der Waals surface area contributed by atoms with Crippen LogP contribution in [0, 0.1) is 0 Å². The third kappa shape index (κ3) is 3.23. The van der Waals surface area contributed by atoms with Crippen molar-refractivity contribution in [3.63, 3.8) is 0 Å². The molecule has 1 aliphatic rings. The number of ether oxygens (including phenoxy) is 1. The molecule has 4 nitrogen and oxygen atoms in total. The minimum atomic E-state index is -0.443. The highest BCUT2D eigenvalue weighted by Crippen LogP contribution is 2.27. The summed E-state index contributed by atoms with van der Waals surface area (Å²) in [5.74, 6) is 0. The molecule has 1 saturated heterocycles. The number of thiophene rings is 1. The molecule has 0 aromatic carbocycles. The Hall–Kier alpha value is -1.07. The Labute approximate surface area is 112 Å². The number of carbonyl (C=O) groups is 1. The standard InChI is InChI=1S/C13H20N2O2S/c1-13(2,3)17-12(16)15-7-6-14-9-10(15)11-5-4-8-18-11/h4-5,8,10,14H,6-7,9H2,1-3H3/t10-/m0/s1. The Kier molecular flexibility index (Phi) is 3.92. The summed E-state index contributed by atoms with van der Waals surface area (Å²) in [7, 11) is 0. The predicted molar refractivity (Wildman–Crippen MR) is 72.9 cm³/mol. The Morgan fingerprint density at radius 2 is 2.33 bits per heavy atom. The van der Waals surface area contributed by atoms with Gasteiger partial charge < -0.3 is 10.1 Å². The van der Waals surface area contributed by atoms with Crippen LogP contribution >= 0.6 is 11.3 Å². The maximum Gasteiger partial charge on any atom is 0.410 e. The van der Waals surface area contributed by atoms with Crippen LogP contribution in [0.15, 0.2) is 17.5 Å². The van der Waals surface area contributed by atoms with Gasteiger partial charge >= 0.3 is 6.09 Å². The molecule has 0 radical (unpaired) electrons. The van der Waals surface area contributed by atoms with E-state index >= 15 is 0 Å². The van der Waals surface area contributed by atoms with Crippen LogP contribution in [0.25, 0.3) is 0 Å². The Bertz CT molecular complexity index is 398. The molecule has 100 valence electrons. The van der Waals surface area contributed by atoms with Crippen LogP contribution in [-0.4, -0.2) is 36.2 Å². The second-order valence-corrected chi connectivity index (χ2v) is 6.39. The third-order valence-corrected chi connectivity index (χ3v) is 3.72. The van der Waals surface area contributed by atoms with Gasteiger partial charge in [0.05, 0.1) is 6.04 Å². The van der Waals surface area contributed by atoms with E-state index in [0.29, 0.717) is 6.54 Å². The molecule has 5 heteroatoms. The number of nitrogens with zero attached hydrogens (tertiary/aromatic N) is 1. The summed E-state index contributed by atoms with van der Waals surface area (Å²) in [6.07, 6.45) is -0.220. The van der Waals surface area contributed by atoms with E-state index in [1.165, 1.54) is 4.88 Å². The second-order valence-electron chi connectivity index (χ2n) is 5.41. The molecular weight excluding hydrogens is 248 g/mol. The van der Waals surface area contributed by atoms with Gasteiger partial charge in [-0.05, 0) is 32.2 Å². The number of carbonyl (C=O) groups excluding carboxylic acids is 1. The van der Waals surface area contributed by atoms with Crippen molar-refractivity contribution in [1.29, 1.82) is 0 Å². The van der Waals surface area contributed by atoms with Crippen LogP contribution < -0.4 is 5.32 Å². The van der Waals surface area contributed by atoms with E-state index in [4.69, 9.17) is 4.74 Å². The van der Waals surface area contributed by atoms with Crippen molar-refractivity contribution in [2.24, 2.45) is 0 Å². The van der Waals surface area contributed by atoms with Crippen LogP contribution in [0.1, 0.15) is 31.7 Å². The van der Waals surface area contributed by atoms with E-state index in [1.54, 1.807) is 11.3 Å². The Morgan fingerprint density at radius 1 is 1.56 bits per heavy atom. The number of rotatable bonds is 1. The van der Waals surface area contributed by atoms with Crippen LogP contribution in [0.5, 0.6) is 0 Å². The molecule has 1 aliphatic heterocycles. The fourth-order valence-corrected chi connectivity index (χ4v) is 2.82. The van der Waals surface area contributed by atoms with E-state index in [-0.39, 0.29) is 12.1 Å². The number of amides is 1. The molecular formula is C13H20N2O2S. The summed E-state index contributed by atoms with van der Waals surface area (Å²) in [6.45, 7) is 7.99. The molecule has 2 rings (SSSR count). The van der Waals surface area contributed by atoms with Gasteiger partial charge in [-0.2, -0.15) is 0 Å². The van der Waals surface area contributed by atoms with Gasteiger partial charge in [0.2, 0.25) is 0 Å². The lowest BCUT2D eigenvalue weighted by Crippen LogP contribution is -2.49. The van der Waals surface area contributed by atoms with Crippen molar-refractivity contribution in [2.75, 3.05) is 19.6 Å². The molecule has 0 aliphatic carbocycles. The molecule has 1 fully saturated rings. The van der Waals surface area contributed by atoms with Crippen molar-refractivity contribution < 1.29 is 9.53 Å². The lowest BCUT2D eigenvalue weighted by atomic mass is 10.1. The summed E-state index contributed by atoms with van der Waals surface area (Å²) in [4.78, 5) is 15.2. The van der Waals surface area contributed by atoms with Crippen LogP contribution in [0.2, 0.25) is 0 Å². The summed E-state index contributed by atoms with van der Waals surface area (Å²) >= 11 is 1.68. The molecule has 0 saturated carbocycles. The zero-order chi connectivity index (χ0) is 13.2. The van der Waals surface area contributed by atoms with Crippen LogP contribution in [-0.2, 0) is 4.74 Å². The van der Waals surface area contributed by atoms with Crippen molar-refractivity contribution in [2.45, 2.75) is 32.4 Å². The van der Waals surface area contributed by atoms with Gasteiger partial charge in [0.25, 0.3) is 0 Å². The van der Waals surface area contributed by atoms with Crippen molar-refractivity contribution in [1.82, 2.24) is 10.2 Å². The molecule has 2 heterocycles. The molecule has 1 aromatic rings. The van der Waals surface area contributed by atoms with Crippen molar-refractivity contribution in [3.05, 3.63) is 22.4 Å². The Balaban J connectivity index is 2.11. The summed E-state index contributed by atoms with van der Waals surface area (Å²) in [6, 6.07) is 4.18. The fourth-order valence-electron chi connectivity index (χ4n) is 1.98. The SMILES string of the molecule is CC(C)(C)OC(=O)N1CCNC[C@H]1c1cccs1. The highest BCUT2D eigenvalue weighted by molar-refractivity contribution is 7.10. The molecule has 0 unspecified atom stereocenters. The zero-order valence-corrected chi connectivity index (χ0v) is 11.9. The van der Waals surface area contributed by atoms with Gasteiger partial charge in [-0.1, -0.05) is 6.07 Å². The summed E-state index contributed by atoms with van der Waals surface area (Å²) < 4.78 is 5.47. The second kappa shape index (κ2) is 5.28. The first-order valence-corrected chi connectivity index (χ1v) is 7.09. The maximum absolute atomic E-state index is 12.2. The average Bonchev–Trinajstić information content (AvgIpc) is 2.80. The van der Waals surface area contributed by atoms with Crippen LogP contribution in [0.4, 0.5) is 4.79 Å². The van der Waals surface area contributed by atoms with Gasteiger partial charge in [-0.15, -0.1) is 11.3 Å². The minimum Gasteiger partial charge on any atom is -0.444 e. The van der Waals surface area contributed by atoms with E-state index in [0.717, 1.165) is 13.1 Å². The van der Waals surface area contributed by atoms with E-state index < -0.39 is 5.60 Å². The molecule has 0 bridgehead atoms. The molecule has 1 aromatic heterocycles. The molecule has 1 atom stereocenters. The van der Waals surface area contributed by atoms with Gasteiger partial charge in [0.15, 0.2) is 0 Å². The van der Waals surface area contributed by atoms with Crippen molar-refractivity contribution >= 4 is 17.4 Å². The van der Waals surface area contributed by atoms with E-state index in [1.807, 2.05) is 37.1 Å². The lowest BCUT2D eigenvalue weighted by Gasteiger charge is -2.36. The van der Waals surface area contributed by atoms with E-state index in [9.17, 15) is 4.79 Å². The predicted octanol–water partition coefficient (Wildman–Crippen LogP) is 2.63. The van der Waals surface area contributed by atoms with Gasteiger partial charge in [0, 0.05) is 24.5 Å². The van der Waals surface area contributed by atoms with Crippen LogP contribution in [0.3, 0.4) is 0 Å². The van der Waals surface area contributed by atoms with E-state index in [2.05, 4.69) is 11.4 Å². The van der Waals surface area contributed by atoms with Gasteiger partial charge in [0.1, 0.15) is 5.60 Å². The smallest absolute Gasteiger partial charge is 0.410 e.